The van der Waals surface area contributed by atoms with E-state index < -0.39 is 9.84 Å². The van der Waals surface area contributed by atoms with Gasteiger partial charge < -0.3 is 10.2 Å². The van der Waals surface area contributed by atoms with Crippen LogP contribution in [0.25, 0.3) is 0 Å². The van der Waals surface area contributed by atoms with Crippen LogP contribution in [0.15, 0.2) is 24.3 Å². The smallest absolute Gasteiger partial charge is 0.254 e. The highest BCUT2D eigenvalue weighted by molar-refractivity contribution is 7.91. The van der Waals surface area contributed by atoms with Crippen molar-refractivity contribution < 1.29 is 13.2 Å². The minimum absolute atomic E-state index is 0.101. The highest BCUT2D eigenvalue weighted by atomic mass is 32.2. The fourth-order valence-corrected chi connectivity index (χ4v) is 5.01. The molecule has 0 aliphatic carbocycles. The van der Waals surface area contributed by atoms with E-state index >= 15 is 0 Å². The van der Waals surface area contributed by atoms with Gasteiger partial charge in [0.05, 0.1) is 11.5 Å². The maximum absolute atomic E-state index is 13.1. The fraction of sp³-hybridized carbons (Fsp3) is 0.632. The number of carbonyl (C=O) groups excluding carboxylic acids is 1. The molecule has 1 atom stereocenters. The Morgan fingerprint density at radius 2 is 2.08 bits per heavy atom. The first kappa shape index (κ1) is 19.3. The summed E-state index contributed by atoms with van der Waals surface area (Å²) in [6.07, 6.45) is 1.96. The van der Waals surface area contributed by atoms with Gasteiger partial charge in [-0.25, -0.2) is 8.42 Å². The third kappa shape index (κ3) is 4.84. The molecule has 3 rings (SSSR count). The largest absolute Gasteiger partial charge is 0.334 e. The van der Waals surface area contributed by atoms with Gasteiger partial charge in [-0.2, -0.15) is 0 Å². The summed E-state index contributed by atoms with van der Waals surface area (Å²) in [6, 6.07) is 8.08. The van der Waals surface area contributed by atoms with Gasteiger partial charge in [-0.3, -0.25) is 9.69 Å². The first-order valence-electron chi connectivity index (χ1n) is 9.52. The Kier molecular flexibility index (Phi) is 6.32. The molecule has 2 fully saturated rings. The van der Waals surface area contributed by atoms with Gasteiger partial charge in [0.25, 0.3) is 5.91 Å². The molecule has 0 aromatic heterocycles. The Morgan fingerprint density at radius 3 is 2.73 bits per heavy atom. The van der Waals surface area contributed by atoms with Crippen molar-refractivity contribution in [2.45, 2.75) is 32.4 Å². The van der Waals surface area contributed by atoms with Crippen molar-refractivity contribution in [2.75, 3.05) is 44.2 Å². The molecule has 2 aliphatic rings. The predicted molar refractivity (Wildman–Crippen MR) is 103 cm³/mol. The van der Waals surface area contributed by atoms with Gasteiger partial charge in [0.15, 0.2) is 9.84 Å². The van der Waals surface area contributed by atoms with Gasteiger partial charge in [-0.1, -0.05) is 19.1 Å². The lowest BCUT2D eigenvalue weighted by Crippen LogP contribution is -2.42. The molecule has 0 bridgehead atoms. The molecule has 1 amide bonds. The molecule has 2 heterocycles. The molecular formula is C19H29N3O3S. The average molecular weight is 380 g/mol. The van der Waals surface area contributed by atoms with E-state index in [0.717, 1.165) is 43.6 Å². The van der Waals surface area contributed by atoms with Crippen LogP contribution in [-0.4, -0.2) is 74.4 Å². The maximum Gasteiger partial charge on any atom is 0.254 e. The molecule has 1 N–H and O–H groups in total. The summed E-state index contributed by atoms with van der Waals surface area (Å²) in [5.74, 6) is 0.554. The van der Waals surface area contributed by atoms with E-state index in [9.17, 15) is 13.2 Å². The molecular weight excluding hydrogens is 350 g/mol. The van der Waals surface area contributed by atoms with Crippen molar-refractivity contribution in [1.82, 2.24) is 15.1 Å². The van der Waals surface area contributed by atoms with Crippen LogP contribution < -0.4 is 5.32 Å². The SMILES string of the molecule is CCCN(C(=O)c1cccc(CN2CCS(=O)(=O)CC2)c1)C1CCNC1. The topological polar surface area (TPSA) is 69.7 Å². The highest BCUT2D eigenvalue weighted by Crippen LogP contribution is 2.17. The highest BCUT2D eigenvalue weighted by Gasteiger charge is 2.27. The number of benzene rings is 1. The molecule has 6 nitrogen and oxygen atoms in total. The summed E-state index contributed by atoms with van der Waals surface area (Å²) < 4.78 is 23.1. The van der Waals surface area contributed by atoms with Crippen molar-refractivity contribution in [2.24, 2.45) is 0 Å². The zero-order valence-electron chi connectivity index (χ0n) is 15.5. The molecule has 7 heteroatoms. The van der Waals surface area contributed by atoms with Crippen LogP contribution in [0.4, 0.5) is 0 Å². The van der Waals surface area contributed by atoms with E-state index in [-0.39, 0.29) is 23.5 Å². The van der Waals surface area contributed by atoms with Crippen LogP contribution in [0.1, 0.15) is 35.7 Å². The second kappa shape index (κ2) is 8.50. The zero-order valence-corrected chi connectivity index (χ0v) is 16.3. The van der Waals surface area contributed by atoms with Crippen molar-refractivity contribution >= 4 is 15.7 Å². The lowest BCUT2D eigenvalue weighted by atomic mass is 10.1. The molecule has 0 spiro atoms. The molecule has 1 aromatic rings. The Bertz CT molecular complexity index is 715. The van der Waals surface area contributed by atoms with Crippen molar-refractivity contribution in [3.8, 4) is 0 Å². The molecule has 2 saturated heterocycles. The van der Waals surface area contributed by atoms with Crippen molar-refractivity contribution in [1.29, 1.82) is 0 Å². The number of hydrogen-bond donors (Lipinski definition) is 1. The van der Waals surface area contributed by atoms with E-state index in [1.807, 2.05) is 29.2 Å². The Morgan fingerprint density at radius 1 is 1.31 bits per heavy atom. The number of sulfone groups is 1. The van der Waals surface area contributed by atoms with E-state index in [2.05, 4.69) is 17.1 Å². The molecule has 26 heavy (non-hydrogen) atoms. The van der Waals surface area contributed by atoms with Gasteiger partial charge in [0.2, 0.25) is 0 Å². The molecule has 1 aromatic carbocycles. The number of carbonyl (C=O) groups is 1. The number of rotatable bonds is 6. The van der Waals surface area contributed by atoms with Gasteiger partial charge >= 0.3 is 0 Å². The van der Waals surface area contributed by atoms with Crippen LogP contribution in [0.5, 0.6) is 0 Å². The van der Waals surface area contributed by atoms with Crippen LogP contribution in [0, 0.1) is 0 Å². The second-order valence-electron chi connectivity index (χ2n) is 7.27. The standard InChI is InChI=1S/C19H29N3O3S/c1-2-8-22(18-6-7-20-14-18)19(23)17-5-3-4-16(13-17)15-21-9-11-26(24,25)12-10-21/h3-5,13,18,20H,2,6-12,14-15H2,1H3. The zero-order chi connectivity index (χ0) is 18.6. The van der Waals surface area contributed by atoms with Gasteiger partial charge in [0.1, 0.15) is 0 Å². The van der Waals surface area contributed by atoms with E-state index in [1.165, 1.54) is 0 Å². The van der Waals surface area contributed by atoms with Crippen LogP contribution in [0.3, 0.4) is 0 Å². The van der Waals surface area contributed by atoms with Crippen LogP contribution in [-0.2, 0) is 16.4 Å². The Labute approximate surface area is 156 Å². The minimum Gasteiger partial charge on any atom is -0.334 e. The molecule has 2 aliphatic heterocycles. The van der Waals surface area contributed by atoms with Crippen molar-refractivity contribution in [3.63, 3.8) is 0 Å². The van der Waals surface area contributed by atoms with E-state index in [4.69, 9.17) is 0 Å². The first-order valence-corrected chi connectivity index (χ1v) is 11.3. The summed E-state index contributed by atoms with van der Waals surface area (Å²) in [5.41, 5.74) is 1.80. The third-order valence-electron chi connectivity index (χ3n) is 5.22. The summed E-state index contributed by atoms with van der Waals surface area (Å²) in [4.78, 5) is 17.2. The molecule has 144 valence electrons. The Balaban J connectivity index is 1.68. The summed E-state index contributed by atoms with van der Waals surface area (Å²) in [6.45, 7) is 6.54. The summed E-state index contributed by atoms with van der Waals surface area (Å²) in [7, 11) is -2.86. The van der Waals surface area contributed by atoms with Gasteiger partial charge in [-0.15, -0.1) is 0 Å². The maximum atomic E-state index is 13.1. The third-order valence-corrected chi connectivity index (χ3v) is 6.83. The molecule has 1 unspecified atom stereocenters. The quantitative estimate of drug-likeness (QED) is 0.802. The normalized spacial score (nSPS) is 23.0. The first-order chi connectivity index (χ1) is 12.5. The lowest BCUT2D eigenvalue weighted by molar-refractivity contribution is 0.0692. The minimum atomic E-state index is -2.86. The second-order valence-corrected chi connectivity index (χ2v) is 9.58. The Hall–Kier alpha value is -1.44. The van der Waals surface area contributed by atoms with E-state index in [1.54, 1.807) is 0 Å². The molecule has 0 radical (unpaired) electrons. The number of nitrogens with zero attached hydrogens (tertiary/aromatic N) is 2. The van der Waals surface area contributed by atoms with E-state index in [0.29, 0.717) is 19.6 Å². The lowest BCUT2D eigenvalue weighted by Gasteiger charge is -2.29. The fourth-order valence-electron chi connectivity index (χ4n) is 3.73. The number of amides is 1. The van der Waals surface area contributed by atoms with Crippen LogP contribution >= 0.6 is 0 Å². The molecule has 0 saturated carbocycles. The van der Waals surface area contributed by atoms with Crippen molar-refractivity contribution in [3.05, 3.63) is 35.4 Å². The predicted octanol–water partition coefficient (Wildman–Crippen LogP) is 1.13. The number of nitrogens with one attached hydrogen (secondary N) is 1. The van der Waals surface area contributed by atoms with Crippen LogP contribution in [0.2, 0.25) is 0 Å². The number of hydrogen-bond acceptors (Lipinski definition) is 5. The van der Waals surface area contributed by atoms with Gasteiger partial charge in [0, 0.05) is 44.3 Å². The monoisotopic (exact) mass is 379 g/mol. The van der Waals surface area contributed by atoms with Gasteiger partial charge in [-0.05, 0) is 37.1 Å². The summed E-state index contributed by atoms with van der Waals surface area (Å²) in [5, 5.41) is 3.34. The average Bonchev–Trinajstić information content (AvgIpc) is 3.15. The summed E-state index contributed by atoms with van der Waals surface area (Å²) >= 11 is 0.